The third-order valence-electron chi connectivity index (χ3n) is 4.67. The van der Waals surface area contributed by atoms with Crippen molar-refractivity contribution in [2.45, 2.75) is 20.0 Å². The molecule has 25 heavy (non-hydrogen) atoms. The number of carboxylic acids is 1. The highest BCUT2D eigenvalue weighted by atomic mass is 16.4. The molecule has 0 atom stereocenters. The van der Waals surface area contributed by atoms with Gasteiger partial charge in [-0.3, -0.25) is 0 Å². The van der Waals surface area contributed by atoms with Crippen LogP contribution in [0.3, 0.4) is 0 Å². The predicted molar refractivity (Wildman–Crippen MR) is 99.2 cm³/mol. The summed E-state index contributed by atoms with van der Waals surface area (Å²) in [4.78, 5) is 11.1. The maximum atomic E-state index is 11.1. The SMILES string of the molecule is C=C(CNc1cc(C(=O)O)ccc1C)N(C)N1Cc2ccccc2C1. The summed E-state index contributed by atoms with van der Waals surface area (Å²) in [5.41, 5.74) is 5.73. The number of hydrogen-bond donors (Lipinski definition) is 2. The summed E-state index contributed by atoms with van der Waals surface area (Å²) in [7, 11) is 2.01. The van der Waals surface area contributed by atoms with Crippen molar-refractivity contribution >= 4 is 11.7 Å². The van der Waals surface area contributed by atoms with Crippen molar-refractivity contribution in [3.05, 3.63) is 77.0 Å². The van der Waals surface area contributed by atoms with Crippen molar-refractivity contribution in [2.75, 3.05) is 18.9 Å². The largest absolute Gasteiger partial charge is 0.478 e. The maximum absolute atomic E-state index is 11.1. The Morgan fingerprint density at radius 2 is 1.88 bits per heavy atom. The fourth-order valence-corrected chi connectivity index (χ4v) is 2.98. The third kappa shape index (κ3) is 3.67. The van der Waals surface area contributed by atoms with Crippen molar-refractivity contribution < 1.29 is 9.90 Å². The van der Waals surface area contributed by atoms with Crippen molar-refractivity contribution in [1.82, 2.24) is 10.0 Å². The topological polar surface area (TPSA) is 55.8 Å². The van der Waals surface area contributed by atoms with Gasteiger partial charge in [0.15, 0.2) is 0 Å². The second-order valence-corrected chi connectivity index (χ2v) is 6.37. The van der Waals surface area contributed by atoms with Crippen molar-refractivity contribution in [3.8, 4) is 0 Å². The second kappa shape index (κ2) is 6.99. The van der Waals surface area contributed by atoms with Gasteiger partial charge in [0.25, 0.3) is 0 Å². The van der Waals surface area contributed by atoms with Crippen LogP contribution in [0.1, 0.15) is 27.0 Å². The number of aryl methyl sites for hydroxylation is 1. The van der Waals surface area contributed by atoms with E-state index in [0.29, 0.717) is 6.54 Å². The molecular formula is C20H23N3O2. The molecule has 1 aliphatic heterocycles. The second-order valence-electron chi connectivity index (χ2n) is 6.37. The van der Waals surface area contributed by atoms with Gasteiger partial charge in [0.1, 0.15) is 0 Å². The van der Waals surface area contributed by atoms with Crippen LogP contribution in [-0.2, 0) is 13.1 Å². The lowest BCUT2D eigenvalue weighted by atomic mass is 10.1. The van der Waals surface area contributed by atoms with Crippen LogP contribution in [0, 0.1) is 6.92 Å². The first kappa shape index (κ1) is 17.0. The Bertz CT molecular complexity index is 791. The molecule has 0 unspecified atom stereocenters. The molecule has 0 aromatic heterocycles. The molecule has 2 aromatic rings. The minimum absolute atomic E-state index is 0.280. The fraction of sp³-hybridized carbons (Fsp3) is 0.250. The van der Waals surface area contributed by atoms with E-state index < -0.39 is 5.97 Å². The predicted octanol–water partition coefficient (Wildman–Crippen LogP) is 3.48. The van der Waals surface area contributed by atoms with Crippen LogP contribution < -0.4 is 5.32 Å². The number of carbonyl (C=O) groups is 1. The van der Waals surface area contributed by atoms with Gasteiger partial charge in [-0.25, -0.2) is 9.80 Å². The molecule has 5 heteroatoms. The van der Waals surface area contributed by atoms with E-state index in [2.05, 4.69) is 46.2 Å². The average Bonchev–Trinajstić information content (AvgIpc) is 3.04. The molecule has 5 nitrogen and oxygen atoms in total. The normalized spacial score (nSPS) is 13.4. The van der Waals surface area contributed by atoms with Gasteiger partial charge in [0.2, 0.25) is 0 Å². The fourth-order valence-electron chi connectivity index (χ4n) is 2.98. The van der Waals surface area contributed by atoms with E-state index in [1.54, 1.807) is 12.1 Å². The lowest BCUT2D eigenvalue weighted by Gasteiger charge is -2.31. The van der Waals surface area contributed by atoms with Crippen LogP contribution in [0.25, 0.3) is 0 Å². The summed E-state index contributed by atoms with van der Waals surface area (Å²) in [6.45, 7) is 8.42. The minimum atomic E-state index is -0.922. The van der Waals surface area contributed by atoms with E-state index in [1.165, 1.54) is 11.1 Å². The molecule has 0 spiro atoms. The number of nitrogens with zero attached hydrogens (tertiary/aromatic N) is 2. The van der Waals surface area contributed by atoms with E-state index in [0.717, 1.165) is 30.0 Å². The molecule has 0 radical (unpaired) electrons. The molecule has 0 saturated carbocycles. The van der Waals surface area contributed by atoms with Gasteiger partial charge in [-0.1, -0.05) is 36.9 Å². The highest BCUT2D eigenvalue weighted by Gasteiger charge is 2.22. The highest BCUT2D eigenvalue weighted by Crippen LogP contribution is 2.25. The van der Waals surface area contributed by atoms with E-state index in [1.807, 2.05) is 20.0 Å². The summed E-state index contributed by atoms with van der Waals surface area (Å²) in [6, 6.07) is 13.5. The summed E-state index contributed by atoms with van der Waals surface area (Å²) < 4.78 is 0. The molecule has 0 saturated heterocycles. The Morgan fingerprint density at radius 1 is 1.24 bits per heavy atom. The first-order chi connectivity index (χ1) is 12.0. The summed E-state index contributed by atoms with van der Waals surface area (Å²) in [5, 5.41) is 16.8. The Morgan fingerprint density at radius 3 is 2.48 bits per heavy atom. The molecule has 0 aliphatic carbocycles. The number of likely N-dealkylation sites (N-methyl/N-ethyl adjacent to an activating group) is 1. The molecule has 1 heterocycles. The van der Waals surface area contributed by atoms with Gasteiger partial charge < -0.3 is 15.4 Å². The number of anilines is 1. The standard InChI is InChI=1S/C20H23N3O2/c1-14-8-9-16(20(24)25)10-19(14)21-11-15(2)22(3)23-12-17-6-4-5-7-18(17)13-23/h4-10,21H,2,11-13H2,1,3H3,(H,24,25). The number of nitrogens with one attached hydrogen (secondary N) is 1. The number of benzene rings is 2. The Kier molecular flexibility index (Phi) is 4.76. The van der Waals surface area contributed by atoms with Crippen LogP contribution in [0.2, 0.25) is 0 Å². The zero-order valence-corrected chi connectivity index (χ0v) is 14.6. The smallest absolute Gasteiger partial charge is 0.335 e. The van der Waals surface area contributed by atoms with Crippen LogP contribution in [0.15, 0.2) is 54.7 Å². The summed E-state index contributed by atoms with van der Waals surface area (Å²) >= 11 is 0. The molecule has 0 amide bonds. The molecule has 1 aliphatic rings. The van der Waals surface area contributed by atoms with E-state index in [9.17, 15) is 4.79 Å². The number of rotatable bonds is 6. The lowest BCUT2D eigenvalue weighted by molar-refractivity contribution is 0.0291. The molecule has 3 rings (SSSR count). The Balaban J connectivity index is 1.62. The van der Waals surface area contributed by atoms with Crippen LogP contribution in [-0.4, -0.2) is 34.7 Å². The maximum Gasteiger partial charge on any atom is 0.335 e. The quantitative estimate of drug-likeness (QED) is 0.845. The zero-order chi connectivity index (χ0) is 18.0. The van der Waals surface area contributed by atoms with Crippen LogP contribution in [0.4, 0.5) is 5.69 Å². The van der Waals surface area contributed by atoms with E-state index >= 15 is 0 Å². The Labute approximate surface area is 148 Å². The van der Waals surface area contributed by atoms with Crippen molar-refractivity contribution in [3.63, 3.8) is 0 Å². The van der Waals surface area contributed by atoms with Crippen molar-refractivity contribution in [1.29, 1.82) is 0 Å². The molecule has 2 N–H and O–H groups in total. The minimum Gasteiger partial charge on any atom is -0.478 e. The number of carboxylic acid groups (broad SMARTS) is 1. The first-order valence-electron chi connectivity index (χ1n) is 8.26. The number of hydrogen-bond acceptors (Lipinski definition) is 4. The van der Waals surface area contributed by atoms with E-state index in [4.69, 9.17) is 5.11 Å². The monoisotopic (exact) mass is 337 g/mol. The number of hydrazine groups is 1. The van der Waals surface area contributed by atoms with Gasteiger partial charge in [-0.15, -0.1) is 0 Å². The van der Waals surface area contributed by atoms with Gasteiger partial charge in [-0.2, -0.15) is 0 Å². The number of fused-ring (bicyclic) bond motifs is 1. The van der Waals surface area contributed by atoms with Crippen LogP contribution >= 0.6 is 0 Å². The molecule has 0 fully saturated rings. The molecule has 2 aromatic carbocycles. The molecule has 130 valence electrons. The van der Waals surface area contributed by atoms with Crippen molar-refractivity contribution in [2.24, 2.45) is 0 Å². The Hall–Kier alpha value is -2.79. The summed E-state index contributed by atoms with van der Waals surface area (Å²) in [5.74, 6) is -0.922. The van der Waals surface area contributed by atoms with Crippen LogP contribution in [0.5, 0.6) is 0 Å². The molecule has 0 bridgehead atoms. The lowest BCUT2D eigenvalue weighted by Crippen LogP contribution is -2.36. The van der Waals surface area contributed by atoms with Gasteiger partial charge in [0, 0.05) is 31.5 Å². The number of aromatic carboxylic acids is 1. The van der Waals surface area contributed by atoms with E-state index in [-0.39, 0.29) is 5.56 Å². The highest BCUT2D eigenvalue weighted by molar-refractivity contribution is 5.89. The van der Waals surface area contributed by atoms with Gasteiger partial charge in [-0.05, 0) is 35.7 Å². The van der Waals surface area contributed by atoms with Gasteiger partial charge in [0.05, 0.1) is 12.1 Å². The first-order valence-corrected chi connectivity index (χ1v) is 8.26. The zero-order valence-electron chi connectivity index (χ0n) is 14.6. The molecular weight excluding hydrogens is 314 g/mol. The third-order valence-corrected chi connectivity index (χ3v) is 4.67. The average molecular weight is 337 g/mol. The van der Waals surface area contributed by atoms with Gasteiger partial charge >= 0.3 is 5.97 Å². The summed E-state index contributed by atoms with van der Waals surface area (Å²) in [6.07, 6.45) is 0.